The number of carbonyl (C=O) groups is 4. The maximum absolute atomic E-state index is 14.4. The van der Waals surface area contributed by atoms with E-state index in [-0.39, 0.29) is 65.9 Å². The van der Waals surface area contributed by atoms with Crippen LogP contribution in [0.5, 0.6) is 0 Å². The van der Waals surface area contributed by atoms with E-state index in [9.17, 15) is 19.2 Å². The largest absolute Gasteiger partial charge is 0.379 e. The minimum atomic E-state index is -0.722. The molecule has 0 spiro atoms. The first-order chi connectivity index (χ1) is 27.7. The lowest BCUT2D eigenvalue weighted by molar-refractivity contribution is -0.147. The van der Waals surface area contributed by atoms with E-state index in [1.54, 1.807) is 32.4 Å². The van der Waals surface area contributed by atoms with Gasteiger partial charge in [0.25, 0.3) is 0 Å². The first-order valence-electron chi connectivity index (χ1n) is 21.1. The van der Waals surface area contributed by atoms with Crippen molar-refractivity contribution >= 4 is 63.5 Å². The van der Waals surface area contributed by atoms with E-state index in [0.717, 1.165) is 41.9 Å². The van der Waals surface area contributed by atoms with E-state index in [0.29, 0.717) is 31.3 Å². The van der Waals surface area contributed by atoms with E-state index >= 15 is 0 Å². The minimum absolute atomic E-state index is 0.000200. The SMILES string of the molecule is CC[C@H](C)C([C@@H](CC(=O)N1CCC[C@H]1[C@H](OC)[C@@H](C)C(=O)N[C@@H](Cc1ccc(NI)cc1)c1nccs1)OC)N(C)C(=O)[C@@H](NC(=O)[C@H]1N[C@H]2CC[C@H]1[C@@H]2C)C(C)C. The molecule has 1 aliphatic carbocycles. The molecule has 2 aromatic rings. The summed E-state index contributed by atoms with van der Waals surface area (Å²) in [5.74, 6) is -0.572. The van der Waals surface area contributed by atoms with Crippen LogP contribution in [0.1, 0.15) is 96.7 Å². The average Bonchev–Trinajstić information content (AvgIpc) is 4.06. The van der Waals surface area contributed by atoms with Crippen LogP contribution in [0.3, 0.4) is 0 Å². The number of halogens is 1. The van der Waals surface area contributed by atoms with Gasteiger partial charge in [0.2, 0.25) is 23.6 Å². The number of ether oxygens (including phenoxy) is 2. The number of likely N-dealkylation sites (tertiary alicyclic amines) is 1. The van der Waals surface area contributed by atoms with Crippen LogP contribution in [-0.4, -0.2) is 109 Å². The maximum atomic E-state index is 14.4. The quantitative estimate of drug-likeness (QED) is 0.0961. The van der Waals surface area contributed by atoms with Crippen LogP contribution in [0, 0.1) is 29.6 Å². The van der Waals surface area contributed by atoms with Crippen LogP contribution in [0.4, 0.5) is 5.69 Å². The van der Waals surface area contributed by atoms with Crippen molar-refractivity contribution in [1.29, 1.82) is 0 Å². The summed E-state index contributed by atoms with van der Waals surface area (Å²) in [4.78, 5) is 64.4. The molecule has 3 aliphatic rings. The monoisotopic (exact) mass is 935 g/mol. The molecule has 4 amide bonds. The van der Waals surface area contributed by atoms with E-state index < -0.39 is 30.2 Å². The smallest absolute Gasteiger partial charge is 0.245 e. The predicted octanol–water partition coefficient (Wildman–Crippen LogP) is 5.75. The number of hydrogen-bond acceptors (Lipinski definition) is 10. The zero-order valence-corrected chi connectivity index (χ0v) is 38.7. The summed E-state index contributed by atoms with van der Waals surface area (Å²) in [6, 6.07) is 6.37. The van der Waals surface area contributed by atoms with Gasteiger partial charge in [-0.15, -0.1) is 11.3 Å². The van der Waals surface area contributed by atoms with E-state index in [1.165, 1.54) is 11.3 Å². The van der Waals surface area contributed by atoms with Crippen molar-refractivity contribution < 1.29 is 28.7 Å². The number of anilines is 1. The summed E-state index contributed by atoms with van der Waals surface area (Å²) >= 11 is 3.61. The molecule has 13 nitrogen and oxygen atoms in total. The Kier molecular flexibility index (Phi) is 16.8. The van der Waals surface area contributed by atoms with Gasteiger partial charge in [0.05, 0.1) is 71.6 Å². The highest BCUT2D eigenvalue weighted by molar-refractivity contribution is 14.1. The molecule has 5 rings (SSSR count). The van der Waals surface area contributed by atoms with Crippen LogP contribution in [0.2, 0.25) is 0 Å². The number of amides is 4. The first-order valence-corrected chi connectivity index (χ1v) is 23.0. The molecule has 4 N–H and O–H groups in total. The summed E-state index contributed by atoms with van der Waals surface area (Å²) in [5, 5.41) is 12.6. The van der Waals surface area contributed by atoms with Gasteiger partial charge >= 0.3 is 0 Å². The van der Waals surface area contributed by atoms with Crippen molar-refractivity contribution in [1.82, 2.24) is 30.7 Å². The Morgan fingerprint density at radius 3 is 2.33 bits per heavy atom. The van der Waals surface area contributed by atoms with Gasteiger partial charge in [-0.05, 0) is 73.5 Å². The molecule has 322 valence electrons. The zero-order chi connectivity index (χ0) is 42.3. The van der Waals surface area contributed by atoms with Crippen molar-refractivity contribution in [3.8, 4) is 0 Å². The molecule has 15 heteroatoms. The first kappa shape index (κ1) is 46.2. The number of piperidine rings is 1. The molecule has 1 saturated carbocycles. The predicted molar refractivity (Wildman–Crippen MR) is 236 cm³/mol. The molecule has 3 heterocycles. The summed E-state index contributed by atoms with van der Waals surface area (Å²) in [6.07, 6.45) is 5.58. The number of hydrogen-bond donors (Lipinski definition) is 4. The van der Waals surface area contributed by atoms with E-state index in [2.05, 4.69) is 68.1 Å². The third-order valence-electron chi connectivity index (χ3n) is 13.3. The molecule has 1 aromatic carbocycles. The fourth-order valence-corrected chi connectivity index (χ4v) is 10.7. The average molecular weight is 936 g/mol. The van der Waals surface area contributed by atoms with Gasteiger partial charge in [0, 0.05) is 51.1 Å². The lowest BCUT2D eigenvalue weighted by Crippen LogP contribution is -2.59. The number of nitrogens with zero attached hydrogens (tertiary/aromatic N) is 3. The number of thiazole rings is 1. The second-order valence-corrected chi connectivity index (χ2v) is 18.6. The summed E-state index contributed by atoms with van der Waals surface area (Å²) in [7, 11) is 4.96. The molecular formula is C43H66IN7O6S. The van der Waals surface area contributed by atoms with Crippen LogP contribution in [-0.2, 0) is 35.1 Å². The van der Waals surface area contributed by atoms with Crippen LogP contribution in [0.15, 0.2) is 35.8 Å². The summed E-state index contributed by atoms with van der Waals surface area (Å²) in [6.45, 7) is 12.6. The molecule has 1 aromatic heterocycles. The third kappa shape index (κ3) is 10.5. The van der Waals surface area contributed by atoms with Gasteiger partial charge in [-0.3, -0.25) is 19.2 Å². The Bertz CT molecular complexity index is 1670. The van der Waals surface area contributed by atoms with Gasteiger partial charge in [0.1, 0.15) is 11.0 Å². The highest BCUT2D eigenvalue weighted by Crippen LogP contribution is 2.40. The molecule has 12 atom stereocenters. The Labute approximate surface area is 363 Å². The number of nitrogens with one attached hydrogen (secondary N) is 4. The molecule has 2 saturated heterocycles. The number of aromatic nitrogens is 1. The molecule has 2 bridgehead atoms. The topological polar surface area (TPSA) is 154 Å². The third-order valence-corrected chi connectivity index (χ3v) is 14.8. The second-order valence-electron chi connectivity index (χ2n) is 17.1. The number of methoxy groups -OCH3 is 2. The van der Waals surface area contributed by atoms with Crippen molar-refractivity contribution in [2.75, 3.05) is 31.3 Å². The van der Waals surface area contributed by atoms with Gasteiger partial charge < -0.3 is 38.8 Å². The van der Waals surface area contributed by atoms with Gasteiger partial charge in [-0.2, -0.15) is 0 Å². The standard InChI is InChI=1S/C43H66IN7O6S/c1-10-25(4)38(50(7)43(55)36(24(2)3)48-41(54)37-30-17-18-31(46-37)26(30)5)34(56-8)23-35(52)51-20-11-12-33(51)39(57-9)27(6)40(53)47-32(42-45-19-21-58-42)22-28-13-15-29(49-44)16-14-28/h13-16,19,21,24-27,30-34,36-39,46,49H,10-12,17-18,20,22-23H2,1-9H3,(H,47,53)(H,48,54)/t25-,26-,27+,30-,31-,32-,33-,34+,36-,37-,38?,39+/m0/s1. The number of carbonyl (C=O) groups excluding carboxylic acids is 4. The Hall–Kier alpha value is -2.86. The van der Waals surface area contributed by atoms with Crippen LogP contribution in [0.25, 0.3) is 0 Å². The number of rotatable bonds is 20. The van der Waals surface area contributed by atoms with Crippen LogP contribution >= 0.6 is 34.2 Å². The van der Waals surface area contributed by atoms with Crippen LogP contribution < -0.4 is 19.5 Å². The molecule has 0 radical (unpaired) electrons. The Balaban J connectivity index is 1.26. The van der Waals surface area contributed by atoms with Gasteiger partial charge in [-0.1, -0.05) is 60.1 Å². The molecule has 58 heavy (non-hydrogen) atoms. The maximum Gasteiger partial charge on any atom is 0.245 e. The molecule has 3 fully saturated rings. The van der Waals surface area contributed by atoms with Crippen molar-refractivity contribution in [3.63, 3.8) is 0 Å². The lowest BCUT2D eigenvalue weighted by Gasteiger charge is -2.41. The Morgan fingerprint density at radius 1 is 1.05 bits per heavy atom. The van der Waals surface area contributed by atoms with Gasteiger partial charge in [0.15, 0.2) is 0 Å². The number of likely N-dealkylation sites (N-methyl/N-ethyl adjacent to an activating group) is 1. The molecule has 1 unspecified atom stereocenters. The van der Waals surface area contributed by atoms with E-state index in [1.807, 2.05) is 55.3 Å². The minimum Gasteiger partial charge on any atom is -0.379 e. The Morgan fingerprint density at radius 2 is 1.78 bits per heavy atom. The second kappa shape index (κ2) is 21.1. The fourth-order valence-electron chi connectivity index (χ4n) is 9.66. The summed E-state index contributed by atoms with van der Waals surface area (Å²) in [5.41, 5.74) is 2.07. The fraction of sp³-hybridized carbons (Fsp3) is 0.698. The van der Waals surface area contributed by atoms with Gasteiger partial charge in [-0.25, -0.2) is 4.98 Å². The number of benzene rings is 1. The normalized spacial score (nSPS) is 25.1. The molecule has 2 aliphatic heterocycles. The highest BCUT2D eigenvalue weighted by Gasteiger charge is 2.49. The molecular weight excluding hydrogens is 869 g/mol. The number of fused-ring (bicyclic) bond motifs is 2. The van der Waals surface area contributed by atoms with Crippen molar-refractivity contribution in [3.05, 3.63) is 46.4 Å². The van der Waals surface area contributed by atoms with Crippen molar-refractivity contribution in [2.45, 2.75) is 135 Å². The van der Waals surface area contributed by atoms with E-state index in [4.69, 9.17) is 9.47 Å². The zero-order valence-electron chi connectivity index (χ0n) is 35.7. The summed E-state index contributed by atoms with van der Waals surface area (Å²) < 4.78 is 15.3. The highest BCUT2D eigenvalue weighted by atomic mass is 127. The lowest BCUT2D eigenvalue weighted by atomic mass is 9.89. The van der Waals surface area contributed by atoms with Crippen molar-refractivity contribution in [2.24, 2.45) is 29.6 Å².